The molecule has 0 fully saturated rings. The Balaban J connectivity index is 0. The van der Waals surface area contributed by atoms with Gasteiger partial charge in [0.2, 0.25) is 0 Å². The number of carboxylic acid groups (broad SMARTS) is 1. The molecule has 0 aromatic carbocycles. The molecule has 0 aliphatic rings. The summed E-state index contributed by atoms with van der Waals surface area (Å²) in [5.74, 6) is -0.833. The zero-order valence-corrected chi connectivity index (χ0v) is 6.86. The van der Waals surface area contributed by atoms with E-state index in [-0.39, 0.29) is 0 Å². The van der Waals surface area contributed by atoms with Gasteiger partial charge in [-0.1, -0.05) is 0 Å². The fourth-order valence-corrected chi connectivity index (χ4v) is 0. The van der Waals surface area contributed by atoms with Gasteiger partial charge in [-0.15, -0.1) is 0 Å². The van der Waals surface area contributed by atoms with Gasteiger partial charge in [0.25, 0.3) is 5.97 Å². The molecule has 0 rings (SSSR count). The number of rotatable bonds is 0. The van der Waals surface area contributed by atoms with E-state index in [0.29, 0.717) is 4.09 Å². The number of hydrogen-bond donors (Lipinski definition) is 1. The Kier molecular flexibility index (Phi) is 6.43. The SMILES string of the molecule is CC(=O)O.[Li][C](C)(C)C. The van der Waals surface area contributed by atoms with Crippen molar-refractivity contribution in [3.05, 3.63) is 0 Å². The van der Waals surface area contributed by atoms with Crippen LogP contribution in [0.25, 0.3) is 0 Å². The van der Waals surface area contributed by atoms with Crippen molar-refractivity contribution < 1.29 is 9.90 Å². The van der Waals surface area contributed by atoms with Crippen LogP contribution in [0, 0.1) is 0 Å². The van der Waals surface area contributed by atoms with E-state index >= 15 is 0 Å². The molecule has 3 heteroatoms. The molecule has 0 bridgehead atoms. The van der Waals surface area contributed by atoms with Crippen LogP contribution < -0.4 is 0 Å². The van der Waals surface area contributed by atoms with Crippen molar-refractivity contribution in [1.29, 1.82) is 0 Å². The number of carbonyl (C=O) groups is 1. The first-order chi connectivity index (χ1) is 3.73. The van der Waals surface area contributed by atoms with Gasteiger partial charge in [-0.05, 0) is 0 Å². The second-order valence-corrected chi connectivity index (χ2v) is 3.52. The van der Waals surface area contributed by atoms with Gasteiger partial charge in [-0.3, -0.25) is 4.79 Å². The minimum absolute atomic E-state index is 0.500. The molecular weight excluding hydrogens is 111 g/mol. The van der Waals surface area contributed by atoms with Crippen molar-refractivity contribution in [3.8, 4) is 0 Å². The van der Waals surface area contributed by atoms with Crippen LogP contribution in [0.1, 0.15) is 27.7 Å². The van der Waals surface area contributed by atoms with Crippen molar-refractivity contribution in [3.63, 3.8) is 0 Å². The predicted molar refractivity (Wildman–Crippen MR) is 38.8 cm³/mol. The fourth-order valence-electron chi connectivity index (χ4n) is 0. The van der Waals surface area contributed by atoms with Crippen molar-refractivity contribution >= 4 is 23.7 Å². The number of aliphatic carboxylic acids is 1. The molecule has 0 amide bonds. The molecule has 0 heterocycles. The van der Waals surface area contributed by atoms with Gasteiger partial charge < -0.3 is 5.11 Å². The quantitative estimate of drug-likeness (QED) is 0.496. The Morgan fingerprint density at radius 1 is 1.44 bits per heavy atom. The Hall–Kier alpha value is 0.0674. The van der Waals surface area contributed by atoms with Crippen LogP contribution >= 0.6 is 0 Å². The van der Waals surface area contributed by atoms with E-state index in [1.807, 2.05) is 0 Å². The van der Waals surface area contributed by atoms with Crippen LogP contribution in [-0.2, 0) is 4.79 Å². The molecule has 0 aliphatic heterocycles. The molecule has 0 aromatic heterocycles. The van der Waals surface area contributed by atoms with Gasteiger partial charge in [0.15, 0.2) is 0 Å². The summed E-state index contributed by atoms with van der Waals surface area (Å²) < 4.78 is 0.500. The van der Waals surface area contributed by atoms with Crippen LogP contribution in [0.4, 0.5) is 0 Å². The molecule has 9 heavy (non-hydrogen) atoms. The topological polar surface area (TPSA) is 37.3 Å². The van der Waals surface area contributed by atoms with E-state index in [1.54, 1.807) is 0 Å². The van der Waals surface area contributed by atoms with Crippen molar-refractivity contribution in [2.45, 2.75) is 31.8 Å². The normalized spacial score (nSPS) is 9.56. The summed E-state index contributed by atoms with van der Waals surface area (Å²) in [6.45, 7) is 7.65. The summed E-state index contributed by atoms with van der Waals surface area (Å²) in [5.41, 5.74) is 0. The first kappa shape index (κ1) is 11.8. The zero-order chi connectivity index (χ0) is 8.08. The summed E-state index contributed by atoms with van der Waals surface area (Å²) in [4.78, 5) is 9.00. The van der Waals surface area contributed by atoms with Gasteiger partial charge in [-0.25, -0.2) is 0 Å². The fraction of sp³-hybridized carbons (Fsp3) is 0.833. The maximum atomic E-state index is 9.00. The van der Waals surface area contributed by atoms with Gasteiger partial charge >= 0.3 is 42.6 Å². The van der Waals surface area contributed by atoms with Gasteiger partial charge in [-0.2, -0.15) is 0 Å². The first-order valence-corrected chi connectivity index (χ1v) is 2.93. The number of carboxylic acids is 1. The summed E-state index contributed by atoms with van der Waals surface area (Å²) in [6.07, 6.45) is 0. The van der Waals surface area contributed by atoms with E-state index in [9.17, 15) is 0 Å². The van der Waals surface area contributed by atoms with Gasteiger partial charge in [0, 0.05) is 6.92 Å². The second kappa shape index (κ2) is 4.90. The van der Waals surface area contributed by atoms with E-state index < -0.39 is 5.97 Å². The molecule has 1 N–H and O–H groups in total. The predicted octanol–water partition coefficient (Wildman–Crippen LogP) is 1.46. The molecule has 0 aliphatic carbocycles. The third-order valence-corrected chi connectivity index (χ3v) is 0. The molecule has 0 saturated carbocycles. The van der Waals surface area contributed by atoms with Crippen molar-refractivity contribution in [2.24, 2.45) is 0 Å². The van der Waals surface area contributed by atoms with Crippen molar-refractivity contribution in [2.75, 3.05) is 0 Å². The second-order valence-electron chi connectivity index (χ2n) is 3.52. The average Bonchev–Trinajstić information content (AvgIpc) is 1.19. The number of hydrogen-bond acceptors (Lipinski definition) is 1. The summed E-state index contributed by atoms with van der Waals surface area (Å²) >= 11 is 2.19. The van der Waals surface area contributed by atoms with Crippen LogP contribution in [0.5, 0.6) is 0 Å². The molecule has 0 atom stereocenters. The minimum atomic E-state index is -0.833. The Bertz CT molecular complexity index is 73.5. The average molecular weight is 124 g/mol. The molecule has 0 unspecified atom stereocenters. The zero-order valence-electron chi connectivity index (χ0n) is 6.86. The Morgan fingerprint density at radius 2 is 1.44 bits per heavy atom. The monoisotopic (exact) mass is 124 g/mol. The maximum absolute atomic E-state index is 9.00. The molecular formula is C6H13LiO2. The Morgan fingerprint density at radius 3 is 1.44 bits per heavy atom. The van der Waals surface area contributed by atoms with Gasteiger partial charge in [0.1, 0.15) is 0 Å². The van der Waals surface area contributed by atoms with E-state index in [0.717, 1.165) is 6.92 Å². The standard InChI is InChI=1S/C4H9.C2H4O2.Li/c1-4(2)3;1-2(3)4;/h1-3H3;1H3,(H,3,4);. The van der Waals surface area contributed by atoms with E-state index in [4.69, 9.17) is 9.90 Å². The van der Waals surface area contributed by atoms with Crippen LogP contribution in [0.2, 0.25) is 4.09 Å². The summed E-state index contributed by atoms with van der Waals surface area (Å²) in [6, 6.07) is 0. The third kappa shape index (κ3) is 65400. The van der Waals surface area contributed by atoms with E-state index in [2.05, 4.69) is 38.5 Å². The molecule has 0 aromatic rings. The van der Waals surface area contributed by atoms with Gasteiger partial charge in [0.05, 0.1) is 0 Å². The molecule has 0 radical (unpaired) electrons. The molecule has 0 saturated heterocycles. The summed E-state index contributed by atoms with van der Waals surface area (Å²) in [7, 11) is 0. The third-order valence-electron chi connectivity index (χ3n) is 0. The van der Waals surface area contributed by atoms with Crippen LogP contribution in [0.3, 0.4) is 0 Å². The summed E-state index contributed by atoms with van der Waals surface area (Å²) in [5, 5.41) is 7.42. The molecule has 2 nitrogen and oxygen atoms in total. The first-order valence-electron chi connectivity index (χ1n) is 2.93. The molecule has 0 spiro atoms. The molecule has 50 valence electrons. The van der Waals surface area contributed by atoms with Crippen LogP contribution in [0.15, 0.2) is 0 Å². The van der Waals surface area contributed by atoms with Crippen molar-refractivity contribution in [1.82, 2.24) is 0 Å². The Labute approximate surface area is 65.8 Å². The van der Waals surface area contributed by atoms with E-state index in [1.165, 1.54) is 0 Å². The van der Waals surface area contributed by atoms with Crippen LogP contribution in [-0.4, -0.2) is 28.8 Å².